The molecule has 1 aromatic carbocycles. The van der Waals surface area contributed by atoms with Gasteiger partial charge in [0.1, 0.15) is 0 Å². The monoisotopic (exact) mass is 317 g/mol. The molecule has 5 nitrogen and oxygen atoms in total. The lowest BCUT2D eigenvalue weighted by molar-refractivity contribution is -0.902. The summed E-state index contributed by atoms with van der Waals surface area (Å²) in [7, 11) is 0. The topological polar surface area (TPSA) is 52.0 Å². The Hall–Kier alpha value is -1.75. The molecule has 1 saturated carbocycles. The zero-order valence-corrected chi connectivity index (χ0v) is 13.5. The lowest BCUT2D eigenvalue weighted by Gasteiger charge is -2.38. The van der Waals surface area contributed by atoms with Crippen LogP contribution in [0.2, 0.25) is 0 Å². The predicted molar refractivity (Wildman–Crippen MR) is 86.8 cm³/mol. The molecular weight excluding hydrogens is 292 g/mol. The minimum atomic E-state index is 0.0909. The Morgan fingerprint density at radius 3 is 2.87 bits per heavy atom. The zero-order chi connectivity index (χ0) is 15.6. The Kier molecular flexibility index (Phi) is 4.12. The molecule has 124 valence electrons. The molecule has 23 heavy (non-hydrogen) atoms. The average Bonchev–Trinajstić information content (AvgIpc) is 3.02. The second-order valence-corrected chi connectivity index (χ2v) is 7.09. The maximum atomic E-state index is 12.3. The third kappa shape index (κ3) is 3.29. The van der Waals surface area contributed by atoms with Gasteiger partial charge in [-0.2, -0.15) is 0 Å². The summed E-state index contributed by atoms with van der Waals surface area (Å²) in [6, 6.07) is 5.55. The van der Waals surface area contributed by atoms with E-state index in [0.29, 0.717) is 12.3 Å². The Bertz CT molecular complexity index is 590. The van der Waals surface area contributed by atoms with Crippen LogP contribution in [0.1, 0.15) is 32.1 Å². The first kappa shape index (κ1) is 14.8. The summed E-state index contributed by atoms with van der Waals surface area (Å²) in [5.74, 6) is 3.30. The van der Waals surface area contributed by atoms with E-state index in [9.17, 15) is 4.79 Å². The molecule has 0 radical (unpaired) electrons. The molecule has 2 heterocycles. The van der Waals surface area contributed by atoms with E-state index in [1.807, 2.05) is 18.2 Å². The highest BCUT2D eigenvalue weighted by Crippen LogP contribution is 2.34. The molecule has 0 bridgehead atoms. The molecule has 1 saturated heterocycles. The quantitative estimate of drug-likeness (QED) is 0.887. The standard InChI is InChI=1S/C18H24N2O3/c21-18(19-15-5-6-16-17(9-15)23-12-22-16)11-20-8-7-13-3-1-2-4-14(13)10-20/h5-6,9,13-14H,1-4,7-8,10-12H2,(H,19,21)/p+1/t13-,14-/m1/s1. The average molecular weight is 317 g/mol. The van der Waals surface area contributed by atoms with Crippen LogP contribution in [0.15, 0.2) is 18.2 Å². The number of anilines is 1. The Balaban J connectivity index is 1.31. The van der Waals surface area contributed by atoms with Crippen molar-refractivity contribution in [1.82, 2.24) is 0 Å². The number of ether oxygens (including phenoxy) is 2. The number of fused-ring (bicyclic) bond motifs is 2. The second-order valence-electron chi connectivity index (χ2n) is 7.09. The third-order valence-corrected chi connectivity index (χ3v) is 5.55. The van der Waals surface area contributed by atoms with Crippen molar-refractivity contribution in [1.29, 1.82) is 0 Å². The van der Waals surface area contributed by atoms with Crippen LogP contribution in [0.25, 0.3) is 0 Å². The fourth-order valence-electron chi connectivity index (χ4n) is 4.36. The largest absolute Gasteiger partial charge is 0.454 e. The van der Waals surface area contributed by atoms with Crippen LogP contribution in [0, 0.1) is 11.8 Å². The van der Waals surface area contributed by atoms with Crippen molar-refractivity contribution >= 4 is 11.6 Å². The summed E-state index contributed by atoms with van der Waals surface area (Å²) in [5, 5.41) is 3.00. The summed E-state index contributed by atoms with van der Waals surface area (Å²) in [6.45, 7) is 3.12. The highest BCUT2D eigenvalue weighted by Gasteiger charge is 2.34. The molecule has 3 aliphatic rings. The van der Waals surface area contributed by atoms with Crippen molar-refractivity contribution in [3.05, 3.63) is 18.2 Å². The Morgan fingerprint density at radius 1 is 1.13 bits per heavy atom. The lowest BCUT2D eigenvalue weighted by atomic mass is 9.75. The van der Waals surface area contributed by atoms with Crippen molar-refractivity contribution in [2.24, 2.45) is 11.8 Å². The van der Waals surface area contributed by atoms with Gasteiger partial charge >= 0.3 is 0 Å². The van der Waals surface area contributed by atoms with Crippen LogP contribution in [0.5, 0.6) is 11.5 Å². The molecule has 0 spiro atoms. The van der Waals surface area contributed by atoms with Crippen molar-refractivity contribution in [3.8, 4) is 11.5 Å². The van der Waals surface area contributed by atoms with E-state index in [1.54, 1.807) is 0 Å². The molecule has 2 aliphatic heterocycles. The predicted octanol–water partition coefficient (Wildman–Crippen LogP) is 1.45. The van der Waals surface area contributed by atoms with Crippen LogP contribution in [0.4, 0.5) is 5.69 Å². The van der Waals surface area contributed by atoms with Crippen LogP contribution < -0.4 is 19.7 Å². The molecule has 0 aromatic heterocycles. The number of hydrogen-bond acceptors (Lipinski definition) is 3. The number of carbonyl (C=O) groups excluding carboxylic acids is 1. The summed E-state index contributed by atoms with van der Waals surface area (Å²) in [4.78, 5) is 13.8. The minimum Gasteiger partial charge on any atom is -0.454 e. The van der Waals surface area contributed by atoms with E-state index < -0.39 is 0 Å². The van der Waals surface area contributed by atoms with E-state index in [1.165, 1.54) is 43.5 Å². The van der Waals surface area contributed by atoms with E-state index in [2.05, 4.69) is 5.32 Å². The molecule has 3 atom stereocenters. The van der Waals surface area contributed by atoms with Gasteiger partial charge in [0.2, 0.25) is 6.79 Å². The zero-order valence-electron chi connectivity index (χ0n) is 13.5. The Morgan fingerprint density at radius 2 is 1.96 bits per heavy atom. The summed E-state index contributed by atoms with van der Waals surface area (Å²) in [6.07, 6.45) is 6.83. The summed E-state index contributed by atoms with van der Waals surface area (Å²) in [5.41, 5.74) is 0.784. The number of nitrogens with one attached hydrogen (secondary N) is 2. The first-order chi connectivity index (χ1) is 11.3. The number of piperidine rings is 1. The Labute approximate surface area is 136 Å². The third-order valence-electron chi connectivity index (χ3n) is 5.55. The van der Waals surface area contributed by atoms with Gasteiger partial charge in [-0.1, -0.05) is 12.8 Å². The molecule has 2 fully saturated rings. The van der Waals surface area contributed by atoms with Gasteiger partial charge in [0, 0.05) is 17.7 Å². The molecule has 5 heteroatoms. The fraction of sp³-hybridized carbons (Fsp3) is 0.611. The molecule has 1 aromatic rings. The molecular formula is C18H25N2O3+. The van der Waals surface area contributed by atoms with E-state index in [0.717, 1.165) is 29.8 Å². The first-order valence-corrected chi connectivity index (χ1v) is 8.81. The number of rotatable bonds is 3. The smallest absolute Gasteiger partial charge is 0.279 e. The lowest BCUT2D eigenvalue weighted by Crippen LogP contribution is -3.15. The van der Waals surface area contributed by atoms with Gasteiger partial charge in [0.05, 0.1) is 13.1 Å². The number of benzene rings is 1. The molecule has 1 aliphatic carbocycles. The molecule has 1 amide bonds. The molecule has 2 N–H and O–H groups in total. The highest BCUT2D eigenvalue weighted by molar-refractivity contribution is 5.91. The van der Waals surface area contributed by atoms with Gasteiger partial charge in [-0.25, -0.2) is 0 Å². The van der Waals surface area contributed by atoms with E-state index in [-0.39, 0.29) is 12.7 Å². The number of quaternary nitrogens is 1. The maximum absolute atomic E-state index is 12.3. The van der Waals surface area contributed by atoms with Gasteiger partial charge < -0.3 is 19.7 Å². The first-order valence-electron chi connectivity index (χ1n) is 8.81. The normalized spacial score (nSPS) is 29.0. The SMILES string of the molecule is O=C(C[NH+]1CC[C@H]2CCCC[C@@H]2C1)Nc1ccc2c(c1)OCO2. The van der Waals surface area contributed by atoms with Crippen molar-refractivity contribution in [2.75, 3.05) is 31.7 Å². The van der Waals surface area contributed by atoms with E-state index >= 15 is 0 Å². The van der Waals surface area contributed by atoms with Gasteiger partial charge in [0.15, 0.2) is 18.0 Å². The van der Waals surface area contributed by atoms with Crippen molar-refractivity contribution in [3.63, 3.8) is 0 Å². The number of amides is 1. The highest BCUT2D eigenvalue weighted by atomic mass is 16.7. The van der Waals surface area contributed by atoms with Gasteiger partial charge in [-0.3, -0.25) is 4.79 Å². The van der Waals surface area contributed by atoms with Crippen LogP contribution >= 0.6 is 0 Å². The van der Waals surface area contributed by atoms with E-state index in [4.69, 9.17) is 9.47 Å². The van der Waals surface area contributed by atoms with Gasteiger partial charge in [-0.15, -0.1) is 0 Å². The fourth-order valence-corrected chi connectivity index (χ4v) is 4.36. The van der Waals surface area contributed by atoms with Crippen LogP contribution in [-0.4, -0.2) is 32.3 Å². The maximum Gasteiger partial charge on any atom is 0.279 e. The van der Waals surface area contributed by atoms with Gasteiger partial charge in [-0.05, 0) is 37.3 Å². The minimum absolute atomic E-state index is 0.0909. The second kappa shape index (κ2) is 6.40. The van der Waals surface area contributed by atoms with Gasteiger partial charge in [0.25, 0.3) is 5.91 Å². The van der Waals surface area contributed by atoms with Crippen molar-refractivity contribution < 1.29 is 19.2 Å². The summed E-state index contributed by atoms with van der Waals surface area (Å²) < 4.78 is 10.6. The number of carbonyl (C=O) groups is 1. The summed E-state index contributed by atoms with van der Waals surface area (Å²) >= 11 is 0. The molecule has 1 unspecified atom stereocenters. The van der Waals surface area contributed by atoms with Crippen LogP contribution in [-0.2, 0) is 4.79 Å². The van der Waals surface area contributed by atoms with Crippen molar-refractivity contribution in [2.45, 2.75) is 32.1 Å². The molecule has 4 rings (SSSR count). The van der Waals surface area contributed by atoms with Crippen LogP contribution in [0.3, 0.4) is 0 Å². The number of likely N-dealkylation sites (tertiary alicyclic amines) is 1. The number of hydrogen-bond donors (Lipinski definition) is 2.